The Kier molecular flexibility index (Phi) is 5.82. The number of halogens is 3. The zero-order valence-electron chi connectivity index (χ0n) is 11.6. The van der Waals surface area contributed by atoms with Gasteiger partial charge in [0.2, 0.25) is 0 Å². The summed E-state index contributed by atoms with van der Waals surface area (Å²) in [4.78, 5) is 1.30. The lowest BCUT2D eigenvalue weighted by molar-refractivity contribution is -0.143. The Morgan fingerprint density at radius 1 is 1.21 bits per heavy atom. The second-order valence-corrected chi connectivity index (χ2v) is 4.83. The lowest BCUT2D eigenvalue weighted by atomic mass is 10.0. The van der Waals surface area contributed by atoms with Crippen LogP contribution in [0.1, 0.15) is 24.1 Å². The normalized spacial score (nSPS) is 13.8. The smallest absolute Gasteiger partial charge is 0.309 e. The van der Waals surface area contributed by atoms with E-state index in [-0.39, 0.29) is 6.04 Å². The molecule has 0 aromatic heterocycles. The Morgan fingerprint density at radius 3 is 2.26 bits per heavy atom. The molecule has 0 bridgehead atoms. The Bertz CT molecular complexity index is 373. The molecule has 19 heavy (non-hydrogen) atoms. The molecule has 0 amide bonds. The molecule has 1 aromatic carbocycles. The van der Waals surface area contributed by atoms with E-state index >= 15 is 0 Å². The summed E-state index contributed by atoms with van der Waals surface area (Å²) in [6, 6.07) is 7.79. The highest BCUT2D eigenvalue weighted by Crippen LogP contribution is 2.19. The van der Waals surface area contributed by atoms with Gasteiger partial charge in [-0.3, -0.25) is 4.90 Å². The monoisotopic (exact) mass is 274 g/mol. The maximum absolute atomic E-state index is 12.3. The van der Waals surface area contributed by atoms with Crippen LogP contribution in [-0.4, -0.2) is 37.8 Å². The van der Waals surface area contributed by atoms with Crippen LogP contribution in [-0.2, 0) is 0 Å². The third-order valence-electron chi connectivity index (χ3n) is 2.87. The van der Waals surface area contributed by atoms with Crippen LogP contribution in [0.3, 0.4) is 0 Å². The third-order valence-corrected chi connectivity index (χ3v) is 2.87. The van der Waals surface area contributed by atoms with Gasteiger partial charge >= 0.3 is 6.18 Å². The molecule has 2 nitrogen and oxygen atoms in total. The molecule has 1 aromatic rings. The second kappa shape index (κ2) is 6.91. The minimum atomic E-state index is -4.15. The van der Waals surface area contributed by atoms with Gasteiger partial charge in [0, 0.05) is 12.6 Å². The van der Waals surface area contributed by atoms with Gasteiger partial charge in [-0.05, 0) is 26.1 Å². The van der Waals surface area contributed by atoms with E-state index in [1.807, 2.05) is 38.1 Å². The number of rotatable bonds is 6. The van der Waals surface area contributed by atoms with Crippen LogP contribution in [0.5, 0.6) is 0 Å². The van der Waals surface area contributed by atoms with E-state index in [4.69, 9.17) is 0 Å². The van der Waals surface area contributed by atoms with Gasteiger partial charge < -0.3 is 5.32 Å². The summed E-state index contributed by atoms with van der Waals surface area (Å²) in [5.41, 5.74) is 2.16. The number of benzene rings is 1. The van der Waals surface area contributed by atoms with E-state index in [9.17, 15) is 13.2 Å². The molecule has 0 aliphatic rings. The molecule has 0 saturated heterocycles. The van der Waals surface area contributed by atoms with Crippen molar-refractivity contribution in [2.45, 2.75) is 26.1 Å². The molecule has 0 aliphatic heterocycles. The van der Waals surface area contributed by atoms with E-state index < -0.39 is 12.7 Å². The van der Waals surface area contributed by atoms with Crippen molar-refractivity contribution >= 4 is 0 Å². The third kappa shape index (κ3) is 6.07. The molecule has 0 spiro atoms. The molecule has 1 N–H and O–H groups in total. The molecule has 0 heterocycles. The van der Waals surface area contributed by atoms with E-state index in [2.05, 4.69) is 5.32 Å². The zero-order valence-corrected chi connectivity index (χ0v) is 11.6. The Hall–Kier alpha value is -1.07. The molecule has 5 heteroatoms. The maximum Gasteiger partial charge on any atom is 0.401 e. The molecule has 0 radical (unpaired) electrons. The summed E-state index contributed by atoms with van der Waals surface area (Å²) in [5, 5.41) is 3.23. The van der Waals surface area contributed by atoms with Crippen LogP contribution in [0.25, 0.3) is 0 Å². The topological polar surface area (TPSA) is 15.3 Å². The summed E-state index contributed by atoms with van der Waals surface area (Å²) in [6.07, 6.45) is -4.15. The van der Waals surface area contributed by atoms with Gasteiger partial charge in [0.05, 0.1) is 6.54 Å². The molecule has 1 unspecified atom stereocenters. The fourth-order valence-electron chi connectivity index (χ4n) is 2.02. The molecular weight excluding hydrogens is 253 g/mol. The number of alkyl halides is 3. The van der Waals surface area contributed by atoms with Gasteiger partial charge in [-0.2, -0.15) is 13.2 Å². The SMILES string of the molecule is CCNC(CN(C)CC(F)(F)F)c1ccc(C)cc1. The molecular formula is C14H21F3N2. The average Bonchev–Trinajstić information content (AvgIpc) is 2.27. The first-order valence-electron chi connectivity index (χ1n) is 6.37. The minimum absolute atomic E-state index is 0.0852. The van der Waals surface area contributed by atoms with Crippen molar-refractivity contribution in [3.8, 4) is 0 Å². The van der Waals surface area contributed by atoms with Gasteiger partial charge in [-0.25, -0.2) is 0 Å². The largest absolute Gasteiger partial charge is 0.401 e. The summed E-state index contributed by atoms with van der Waals surface area (Å²) in [5.74, 6) is 0. The standard InChI is InChI=1S/C14H21F3N2/c1-4-18-13(9-19(3)10-14(15,16)17)12-7-5-11(2)6-8-12/h5-8,13,18H,4,9-10H2,1-3H3. The van der Waals surface area contributed by atoms with Gasteiger partial charge in [0.25, 0.3) is 0 Å². The highest BCUT2D eigenvalue weighted by Gasteiger charge is 2.30. The first kappa shape index (κ1) is 16.0. The van der Waals surface area contributed by atoms with Gasteiger partial charge in [-0.1, -0.05) is 36.8 Å². The van der Waals surface area contributed by atoms with Crippen LogP contribution >= 0.6 is 0 Å². The molecule has 0 fully saturated rings. The second-order valence-electron chi connectivity index (χ2n) is 4.83. The maximum atomic E-state index is 12.3. The summed E-state index contributed by atoms with van der Waals surface area (Å²) < 4.78 is 37.0. The quantitative estimate of drug-likeness (QED) is 0.857. The number of nitrogens with one attached hydrogen (secondary N) is 1. The van der Waals surface area contributed by atoms with Crippen LogP contribution < -0.4 is 5.32 Å². The van der Waals surface area contributed by atoms with E-state index in [0.717, 1.165) is 17.7 Å². The van der Waals surface area contributed by atoms with E-state index in [0.29, 0.717) is 6.54 Å². The van der Waals surface area contributed by atoms with Crippen molar-refractivity contribution in [3.05, 3.63) is 35.4 Å². The Morgan fingerprint density at radius 2 is 1.79 bits per heavy atom. The zero-order chi connectivity index (χ0) is 14.5. The first-order chi connectivity index (χ1) is 8.81. The number of hydrogen-bond acceptors (Lipinski definition) is 2. The number of hydrogen-bond donors (Lipinski definition) is 1. The number of likely N-dealkylation sites (N-methyl/N-ethyl adjacent to an activating group) is 2. The molecule has 1 atom stereocenters. The molecule has 1 rings (SSSR count). The Labute approximate surface area is 112 Å². The summed E-state index contributed by atoms with van der Waals surface area (Å²) in [6.45, 7) is 4.10. The van der Waals surface area contributed by atoms with Gasteiger partial charge in [-0.15, -0.1) is 0 Å². The first-order valence-corrected chi connectivity index (χ1v) is 6.37. The van der Waals surface area contributed by atoms with Crippen LogP contribution in [0.15, 0.2) is 24.3 Å². The molecule has 0 saturated carbocycles. The summed E-state index contributed by atoms with van der Waals surface area (Å²) >= 11 is 0. The van der Waals surface area contributed by atoms with Crippen molar-refractivity contribution in [2.75, 3.05) is 26.7 Å². The van der Waals surface area contributed by atoms with Crippen LogP contribution in [0.4, 0.5) is 13.2 Å². The van der Waals surface area contributed by atoms with Crippen LogP contribution in [0, 0.1) is 6.92 Å². The van der Waals surface area contributed by atoms with E-state index in [1.165, 1.54) is 11.9 Å². The van der Waals surface area contributed by atoms with Crippen molar-refractivity contribution in [1.82, 2.24) is 10.2 Å². The fraction of sp³-hybridized carbons (Fsp3) is 0.571. The van der Waals surface area contributed by atoms with Crippen molar-refractivity contribution in [2.24, 2.45) is 0 Å². The molecule has 108 valence electrons. The number of nitrogens with zero attached hydrogens (tertiary/aromatic N) is 1. The van der Waals surface area contributed by atoms with Crippen molar-refractivity contribution in [3.63, 3.8) is 0 Å². The Balaban J connectivity index is 2.70. The highest BCUT2D eigenvalue weighted by molar-refractivity contribution is 5.24. The lowest BCUT2D eigenvalue weighted by Crippen LogP contribution is -2.38. The summed E-state index contributed by atoms with van der Waals surface area (Å²) in [7, 11) is 1.49. The van der Waals surface area contributed by atoms with Gasteiger partial charge in [0.15, 0.2) is 0 Å². The minimum Gasteiger partial charge on any atom is -0.309 e. The lowest BCUT2D eigenvalue weighted by Gasteiger charge is -2.26. The average molecular weight is 274 g/mol. The van der Waals surface area contributed by atoms with Gasteiger partial charge in [0.1, 0.15) is 0 Å². The predicted octanol–water partition coefficient (Wildman–Crippen LogP) is 3.14. The fourth-order valence-corrected chi connectivity index (χ4v) is 2.02. The van der Waals surface area contributed by atoms with E-state index in [1.54, 1.807) is 0 Å². The predicted molar refractivity (Wildman–Crippen MR) is 71.1 cm³/mol. The highest BCUT2D eigenvalue weighted by atomic mass is 19.4. The van der Waals surface area contributed by atoms with Crippen LogP contribution in [0.2, 0.25) is 0 Å². The van der Waals surface area contributed by atoms with Crippen molar-refractivity contribution < 1.29 is 13.2 Å². The van der Waals surface area contributed by atoms with Crippen molar-refractivity contribution in [1.29, 1.82) is 0 Å². The molecule has 0 aliphatic carbocycles. The number of aryl methyl sites for hydroxylation is 1.